The molecule has 2 fully saturated rings. The second kappa shape index (κ2) is 5.33. The van der Waals surface area contributed by atoms with E-state index in [-0.39, 0.29) is 0 Å². The Morgan fingerprint density at radius 2 is 2.16 bits per heavy atom. The fourth-order valence-corrected chi connectivity index (χ4v) is 3.88. The third kappa shape index (κ3) is 2.25. The molecule has 2 heterocycles. The van der Waals surface area contributed by atoms with Crippen LogP contribution in [0.15, 0.2) is 0 Å². The number of alkyl halides is 1. The van der Waals surface area contributed by atoms with E-state index in [2.05, 4.69) is 10.00 Å². The van der Waals surface area contributed by atoms with Gasteiger partial charge < -0.3 is 9.64 Å². The maximum Gasteiger partial charge on any atom is 0.131 e. The number of rotatable bonds is 2. The number of fused-ring (bicyclic) bond motifs is 1. The van der Waals surface area contributed by atoms with Crippen molar-refractivity contribution in [1.82, 2.24) is 9.78 Å². The van der Waals surface area contributed by atoms with E-state index in [1.165, 1.54) is 37.1 Å². The Balaban J connectivity index is 1.96. The van der Waals surface area contributed by atoms with E-state index >= 15 is 0 Å². The van der Waals surface area contributed by atoms with Gasteiger partial charge in [-0.15, -0.1) is 11.6 Å². The van der Waals surface area contributed by atoms with Gasteiger partial charge in [0, 0.05) is 19.2 Å². The average molecular weight is 284 g/mol. The summed E-state index contributed by atoms with van der Waals surface area (Å²) in [5.41, 5.74) is 2.22. The van der Waals surface area contributed by atoms with E-state index in [1.54, 1.807) is 0 Å². The van der Waals surface area contributed by atoms with E-state index < -0.39 is 0 Å². The quantitative estimate of drug-likeness (QED) is 0.782. The van der Waals surface area contributed by atoms with Gasteiger partial charge >= 0.3 is 0 Å². The molecule has 1 aromatic rings. The van der Waals surface area contributed by atoms with Crippen LogP contribution in [0.4, 0.5) is 5.82 Å². The number of ether oxygens (including phenoxy) is 1. The summed E-state index contributed by atoms with van der Waals surface area (Å²) in [5.74, 6) is 1.73. The van der Waals surface area contributed by atoms with Crippen LogP contribution >= 0.6 is 11.6 Å². The van der Waals surface area contributed by atoms with E-state index in [1.807, 2.05) is 18.7 Å². The summed E-state index contributed by atoms with van der Waals surface area (Å²) in [5, 5.41) is 4.54. The van der Waals surface area contributed by atoms with Crippen molar-refractivity contribution in [2.24, 2.45) is 7.05 Å². The summed E-state index contributed by atoms with van der Waals surface area (Å²) in [6.07, 6.45) is 5.39. The van der Waals surface area contributed by atoms with E-state index in [9.17, 15) is 0 Å². The number of aryl methyl sites for hydroxylation is 2. The van der Waals surface area contributed by atoms with Gasteiger partial charge in [-0.25, -0.2) is 0 Å². The molecule has 1 aromatic heterocycles. The first-order valence-electron chi connectivity index (χ1n) is 7.19. The molecule has 1 aliphatic carbocycles. The largest absolute Gasteiger partial charge is 0.374 e. The first kappa shape index (κ1) is 13.3. The van der Waals surface area contributed by atoms with Crippen molar-refractivity contribution in [2.45, 2.75) is 50.6 Å². The van der Waals surface area contributed by atoms with Gasteiger partial charge in [-0.1, -0.05) is 12.8 Å². The van der Waals surface area contributed by atoms with Gasteiger partial charge in [0.2, 0.25) is 0 Å². The fourth-order valence-electron chi connectivity index (χ4n) is 3.56. The molecule has 4 nitrogen and oxygen atoms in total. The molecule has 1 saturated carbocycles. The SMILES string of the molecule is Cc1nn(C)c(N2CCOC3CCCCC32)c1CCl. The van der Waals surface area contributed by atoms with Crippen LogP contribution in [0.3, 0.4) is 0 Å². The van der Waals surface area contributed by atoms with Crippen molar-refractivity contribution in [3.63, 3.8) is 0 Å². The van der Waals surface area contributed by atoms with Gasteiger partial charge in [0.05, 0.1) is 30.3 Å². The number of morpholine rings is 1. The Bertz CT molecular complexity index is 458. The third-order valence-electron chi connectivity index (χ3n) is 4.45. The van der Waals surface area contributed by atoms with Crippen molar-refractivity contribution in [1.29, 1.82) is 0 Å². The lowest BCUT2D eigenvalue weighted by Crippen LogP contribution is -2.53. The predicted molar refractivity (Wildman–Crippen MR) is 76.8 cm³/mol. The lowest BCUT2D eigenvalue weighted by atomic mass is 9.90. The number of anilines is 1. The highest BCUT2D eigenvalue weighted by Crippen LogP contribution is 2.34. The number of hydrogen-bond donors (Lipinski definition) is 0. The summed E-state index contributed by atoms with van der Waals surface area (Å²) in [6.45, 7) is 3.80. The topological polar surface area (TPSA) is 30.3 Å². The van der Waals surface area contributed by atoms with Gasteiger partial charge in [0.15, 0.2) is 0 Å². The molecule has 5 heteroatoms. The first-order chi connectivity index (χ1) is 9.22. The Morgan fingerprint density at radius 1 is 1.37 bits per heavy atom. The van der Waals surface area contributed by atoms with Gasteiger partial charge in [0.25, 0.3) is 0 Å². The molecule has 106 valence electrons. The van der Waals surface area contributed by atoms with Crippen LogP contribution in [0, 0.1) is 6.92 Å². The van der Waals surface area contributed by atoms with Crippen LogP contribution in [-0.4, -0.2) is 35.1 Å². The molecule has 0 aromatic carbocycles. The third-order valence-corrected chi connectivity index (χ3v) is 4.72. The number of halogens is 1. The molecule has 1 saturated heterocycles. The lowest BCUT2D eigenvalue weighted by molar-refractivity contribution is -0.00928. The van der Waals surface area contributed by atoms with Crippen LogP contribution in [0.5, 0.6) is 0 Å². The summed E-state index contributed by atoms with van der Waals surface area (Å²) in [7, 11) is 2.02. The van der Waals surface area contributed by atoms with Crippen LogP contribution < -0.4 is 4.90 Å². The highest BCUT2D eigenvalue weighted by atomic mass is 35.5. The van der Waals surface area contributed by atoms with Crippen LogP contribution in [0.25, 0.3) is 0 Å². The molecule has 2 atom stereocenters. The predicted octanol–water partition coefficient (Wildman–Crippen LogP) is 2.62. The Labute approximate surface area is 119 Å². The van der Waals surface area contributed by atoms with Gasteiger partial charge in [0.1, 0.15) is 5.82 Å². The zero-order valence-corrected chi connectivity index (χ0v) is 12.5. The average Bonchev–Trinajstić information content (AvgIpc) is 2.72. The summed E-state index contributed by atoms with van der Waals surface area (Å²) in [6, 6.07) is 0.499. The summed E-state index contributed by atoms with van der Waals surface area (Å²) in [4.78, 5) is 2.49. The lowest BCUT2D eigenvalue weighted by Gasteiger charge is -2.45. The fraction of sp³-hybridized carbons (Fsp3) is 0.786. The molecule has 0 bridgehead atoms. The smallest absolute Gasteiger partial charge is 0.131 e. The molecular formula is C14H22ClN3O. The molecule has 0 amide bonds. The van der Waals surface area contributed by atoms with Gasteiger partial charge in [-0.05, 0) is 19.8 Å². The highest BCUT2D eigenvalue weighted by molar-refractivity contribution is 6.17. The number of aromatic nitrogens is 2. The number of nitrogens with zero attached hydrogens (tertiary/aromatic N) is 3. The second-order valence-corrected chi connectivity index (χ2v) is 5.87. The normalized spacial score (nSPS) is 27.4. The zero-order valence-electron chi connectivity index (χ0n) is 11.7. The van der Waals surface area contributed by atoms with Crippen LogP contribution in [0.1, 0.15) is 36.9 Å². The maximum atomic E-state index is 6.13. The zero-order chi connectivity index (χ0) is 13.4. The summed E-state index contributed by atoms with van der Waals surface area (Å²) >= 11 is 6.13. The van der Waals surface area contributed by atoms with Crippen molar-refractivity contribution >= 4 is 17.4 Å². The Kier molecular flexibility index (Phi) is 3.72. The maximum absolute atomic E-state index is 6.13. The molecule has 2 aliphatic rings. The molecule has 0 spiro atoms. The monoisotopic (exact) mass is 283 g/mol. The summed E-state index contributed by atoms with van der Waals surface area (Å²) < 4.78 is 7.94. The standard InChI is InChI=1S/C14H22ClN3O/c1-10-11(9-15)14(17(2)16-10)18-7-8-19-13-6-4-3-5-12(13)18/h12-13H,3-9H2,1-2H3. The molecule has 2 unspecified atom stereocenters. The van der Waals surface area contributed by atoms with Crippen molar-refractivity contribution in [3.8, 4) is 0 Å². The molecular weight excluding hydrogens is 262 g/mol. The molecule has 3 rings (SSSR count). The molecule has 1 aliphatic heterocycles. The van der Waals surface area contributed by atoms with Crippen molar-refractivity contribution < 1.29 is 4.74 Å². The Morgan fingerprint density at radius 3 is 2.95 bits per heavy atom. The molecule has 0 N–H and O–H groups in total. The minimum atomic E-state index is 0.390. The minimum absolute atomic E-state index is 0.390. The van der Waals surface area contributed by atoms with Gasteiger partial charge in [-0.2, -0.15) is 5.10 Å². The van der Waals surface area contributed by atoms with E-state index in [0.29, 0.717) is 18.0 Å². The molecule has 0 radical (unpaired) electrons. The minimum Gasteiger partial charge on any atom is -0.374 e. The van der Waals surface area contributed by atoms with Gasteiger partial charge in [-0.3, -0.25) is 4.68 Å². The molecule has 19 heavy (non-hydrogen) atoms. The van der Waals surface area contributed by atoms with Crippen LogP contribution in [0.2, 0.25) is 0 Å². The van der Waals surface area contributed by atoms with E-state index in [0.717, 1.165) is 18.8 Å². The highest BCUT2D eigenvalue weighted by Gasteiger charge is 2.36. The van der Waals surface area contributed by atoms with Crippen molar-refractivity contribution in [3.05, 3.63) is 11.3 Å². The van der Waals surface area contributed by atoms with Crippen LogP contribution in [-0.2, 0) is 17.7 Å². The first-order valence-corrected chi connectivity index (χ1v) is 7.72. The second-order valence-electron chi connectivity index (χ2n) is 5.60. The Hall–Kier alpha value is -0.740. The number of hydrogen-bond acceptors (Lipinski definition) is 3. The van der Waals surface area contributed by atoms with E-state index in [4.69, 9.17) is 16.3 Å². The van der Waals surface area contributed by atoms with Crippen molar-refractivity contribution in [2.75, 3.05) is 18.1 Å².